The molecule has 0 aliphatic heterocycles. The van der Waals surface area contributed by atoms with Crippen molar-refractivity contribution in [2.75, 3.05) is 5.33 Å². The van der Waals surface area contributed by atoms with Crippen molar-refractivity contribution in [2.24, 2.45) is 5.92 Å². The molecule has 2 rings (SSSR count). The second kappa shape index (κ2) is 4.01. The van der Waals surface area contributed by atoms with Crippen LogP contribution in [0.1, 0.15) is 29.9 Å². The summed E-state index contributed by atoms with van der Waals surface area (Å²) < 4.78 is 13.1. The summed E-state index contributed by atoms with van der Waals surface area (Å²) in [6.07, 6.45) is 2.65. The van der Waals surface area contributed by atoms with E-state index in [9.17, 15) is 4.39 Å². The predicted molar refractivity (Wildman–Crippen MR) is 60.4 cm³/mol. The molecule has 1 fully saturated rings. The smallest absolute Gasteiger partial charge is 0.126 e. The summed E-state index contributed by atoms with van der Waals surface area (Å²) in [4.78, 5) is 0. The zero-order valence-corrected chi connectivity index (χ0v) is 9.85. The fraction of sp³-hybridized carbons (Fsp3) is 0.500. The maximum Gasteiger partial charge on any atom is 0.126 e. The largest absolute Gasteiger partial charge is 0.207 e. The second-order valence-electron chi connectivity index (χ2n) is 4.11. The van der Waals surface area contributed by atoms with Crippen LogP contribution < -0.4 is 0 Å². The van der Waals surface area contributed by atoms with Gasteiger partial charge in [-0.3, -0.25) is 0 Å². The molecule has 76 valence electrons. The van der Waals surface area contributed by atoms with E-state index >= 15 is 0 Å². The van der Waals surface area contributed by atoms with Crippen LogP contribution in [0.5, 0.6) is 0 Å². The fourth-order valence-electron chi connectivity index (χ4n) is 1.88. The van der Waals surface area contributed by atoms with Gasteiger partial charge in [-0.1, -0.05) is 28.1 Å². The van der Waals surface area contributed by atoms with Gasteiger partial charge in [0.1, 0.15) is 5.82 Å². The highest BCUT2D eigenvalue weighted by molar-refractivity contribution is 9.09. The van der Waals surface area contributed by atoms with E-state index in [2.05, 4.69) is 15.9 Å². The minimum atomic E-state index is -0.0992. The molecule has 2 heteroatoms. The van der Waals surface area contributed by atoms with Crippen LogP contribution >= 0.6 is 15.9 Å². The molecule has 0 heterocycles. The molecule has 1 saturated carbocycles. The Hall–Kier alpha value is -0.370. The Kier molecular flexibility index (Phi) is 2.91. The van der Waals surface area contributed by atoms with Gasteiger partial charge in [0.05, 0.1) is 0 Å². The third-order valence-electron chi connectivity index (χ3n) is 2.97. The van der Waals surface area contributed by atoms with Crippen LogP contribution in [-0.4, -0.2) is 5.33 Å². The van der Waals surface area contributed by atoms with E-state index in [1.165, 1.54) is 18.4 Å². The Morgan fingerprint density at radius 3 is 2.71 bits per heavy atom. The van der Waals surface area contributed by atoms with E-state index in [1.54, 1.807) is 6.07 Å². The van der Waals surface area contributed by atoms with Gasteiger partial charge in [-0.25, -0.2) is 4.39 Å². The van der Waals surface area contributed by atoms with Crippen LogP contribution in [0.15, 0.2) is 18.2 Å². The molecule has 1 unspecified atom stereocenters. The molecule has 0 radical (unpaired) electrons. The molecule has 14 heavy (non-hydrogen) atoms. The number of rotatable bonds is 3. The van der Waals surface area contributed by atoms with Gasteiger partial charge in [0.2, 0.25) is 0 Å². The summed E-state index contributed by atoms with van der Waals surface area (Å²) in [5.74, 6) is 1.30. The van der Waals surface area contributed by atoms with Crippen molar-refractivity contribution in [2.45, 2.75) is 25.7 Å². The van der Waals surface area contributed by atoms with Crippen molar-refractivity contribution >= 4 is 15.9 Å². The first-order valence-electron chi connectivity index (χ1n) is 5.04. The van der Waals surface area contributed by atoms with Crippen molar-refractivity contribution in [1.82, 2.24) is 0 Å². The van der Waals surface area contributed by atoms with Crippen LogP contribution in [0, 0.1) is 18.7 Å². The fourth-order valence-corrected chi connectivity index (χ4v) is 2.79. The summed E-state index contributed by atoms with van der Waals surface area (Å²) in [5, 5.41) is 0.989. The van der Waals surface area contributed by atoms with E-state index in [-0.39, 0.29) is 5.82 Å². The molecule has 0 bridgehead atoms. The van der Waals surface area contributed by atoms with Crippen molar-refractivity contribution in [3.8, 4) is 0 Å². The van der Waals surface area contributed by atoms with Gasteiger partial charge in [-0.05, 0) is 48.8 Å². The first-order chi connectivity index (χ1) is 6.72. The maximum atomic E-state index is 13.1. The Labute approximate surface area is 92.6 Å². The van der Waals surface area contributed by atoms with Gasteiger partial charge in [-0.15, -0.1) is 0 Å². The lowest BCUT2D eigenvalue weighted by atomic mass is 9.95. The third kappa shape index (κ3) is 2.00. The molecule has 0 N–H and O–H groups in total. The van der Waals surface area contributed by atoms with E-state index in [0.29, 0.717) is 5.92 Å². The van der Waals surface area contributed by atoms with Gasteiger partial charge in [-0.2, -0.15) is 0 Å². The molecular weight excluding hydrogens is 243 g/mol. The minimum absolute atomic E-state index is 0.0992. The summed E-state index contributed by atoms with van der Waals surface area (Å²) in [5.41, 5.74) is 2.04. The molecular formula is C12H14BrF. The average Bonchev–Trinajstić information content (AvgIpc) is 2.96. The summed E-state index contributed by atoms with van der Waals surface area (Å²) >= 11 is 3.54. The summed E-state index contributed by atoms with van der Waals surface area (Å²) in [6.45, 7) is 1.83. The van der Waals surface area contributed by atoms with Gasteiger partial charge < -0.3 is 0 Å². The maximum absolute atomic E-state index is 13.1. The molecule has 1 atom stereocenters. The lowest BCUT2D eigenvalue weighted by Gasteiger charge is -2.14. The highest BCUT2D eigenvalue weighted by atomic mass is 79.9. The first-order valence-corrected chi connectivity index (χ1v) is 6.16. The monoisotopic (exact) mass is 256 g/mol. The molecule has 0 amide bonds. The lowest BCUT2D eigenvalue weighted by molar-refractivity contribution is 0.613. The number of aryl methyl sites for hydroxylation is 1. The standard InChI is InChI=1S/C12H14BrF/c1-8-6-10(4-5-12(8)14)11(7-13)9-2-3-9/h4-6,9,11H,2-3,7H2,1H3. The zero-order chi connectivity index (χ0) is 10.1. The van der Waals surface area contributed by atoms with E-state index in [4.69, 9.17) is 0 Å². The normalized spacial score (nSPS) is 18.2. The van der Waals surface area contributed by atoms with Crippen molar-refractivity contribution in [3.05, 3.63) is 35.1 Å². The average molecular weight is 257 g/mol. The molecule has 1 aliphatic carbocycles. The second-order valence-corrected chi connectivity index (χ2v) is 4.75. The lowest BCUT2D eigenvalue weighted by Crippen LogP contribution is -2.03. The molecule has 1 aromatic carbocycles. The molecule has 0 spiro atoms. The van der Waals surface area contributed by atoms with Gasteiger partial charge >= 0.3 is 0 Å². The van der Waals surface area contributed by atoms with Crippen LogP contribution in [-0.2, 0) is 0 Å². The van der Waals surface area contributed by atoms with Crippen LogP contribution in [0.2, 0.25) is 0 Å². The first kappa shape index (κ1) is 10.2. The Balaban J connectivity index is 2.25. The van der Waals surface area contributed by atoms with E-state index in [0.717, 1.165) is 16.8 Å². The number of hydrogen-bond donors (Lipinski definition) is 0. The van der Waals surface area contributed by atoms with Crippen LogP contribution in [0.3, 0.4) is 0 Å². The number of hydrogen-bond acceptors (Lipinski definition) is 0. The Morgan fingerprint density at radius 1 is 1.50 bits per heavy atom. The zero-order valence-electron chi connectivity index (χ0n) is 8.26. The molecule has 0 nitrogen and oxygen atoms in total. The number of alkyl halides is 1. The topological polar surface area (TPSA) is 0 Å². The third-order valence-corrected chi connectivity index (χ3v) is 3.66. The quantitative estimate of drug-likeness (QED) is 0.717. The summed E-state index contributed by atoms with van der Waals surface area (Å²) in [6, 6.07) is 5.49. The van der Waals surface area contributed by atoms with Gasteiger partial charge in [0.25, 0.3) is 0 Å². The van der Waals surface area contributed by atoms with Gasteiger partial charge in [0.15, 0.2) is 0 Å². The summed E-state index contributed by atoms with van der Waals surface area (Å²) in [7, 11) is 0. The highest BCUT2D eigenvalue weighted by Crippen LogP contribution is 2.43. The molecule has 0 aromatic heterocycles. The van der Waals surface area contributed by atoms with Crippen LogP contribution in [0.25, 0.3) is 0 Å². The highest BCUT2D eigenvalue weighted by Gasteiger charge is 2.31. The number of benzene rings is 1. The SMILES string of the molecule is Cc1cc(C(CBr)C2CC2)ccc1F. The van der Waals surface area contributed by atoms with Crippen LogP contribution in [0.4, 0.5) is 4.39 Å². The predicted octanol–water partition coefficient (Wildman–Crippen LogP) is 4.02. The molecule has 0 saturated heterocycles. The molecule has 1 aliphatic rings. The van der Waals surface area contributed by atoms with Crippen molar-refractivity contribution in [3.63, 3.8) is 0 Å². The van der Waals surface area contributed by atoms with E-state index in [1.807, 2.05) is 19.1 Å². The number of halogens is 2. The van der Waals surface area contributed by atoms with Crippen molar-refractivity contribution in [1.29, 1.82) is 0 Å². The Bertz CT molecular complexity index is 331. The van der Waals surface area contributed by atoms with E-state index < -0.39 is 0 Å². The molecule has 1 aromatic rings. The van der Waals surface area contributed by atoms with Crippen molar-refractivity contribution < 1.29 is 4.39 Å². The Morgan fingerprint density at radius 2 is 2.21 bits per heavy atom. The van der Waals surface area contributed by atoms with Gasteiger partial charge in [0, 0.05) is 5.33 Å². The minimum Gasteiger partial charge on any atom is -0.207 e.